The second kappa shape index (κ2) is 15.7. The highest BCUT2D eigenvalue weighted by atomic mass is 16.6. The average Bonchev–Trinajstić information content (AvgIpc) is 4.01. The molecular formula is C45H52N8O4. The van der Waals surface area contributed by atoms with E-state index >= 15 is 0 Å². The predicted molar refractivity (Wildman–Crippen MR) is 219 cm³/mol. The van der Waals surface area contributed by atoms with Crippen LogP contribution < -0.4 is 0 Å². The number of ether oxygens (including phenoxy) is 1. The first-order valence-corrected chi connectivity index (χ1v) is 20.0. The largest absolute Gasteiger partial charge is 0.444 e. The number of benzene rings is 3. The maximum atomic E-state index is 13.9. The van der Waals surface area contributed by atoms with Crippen molar-refractivity contribution >= 4 is 17.9 Å². The lowest BCUT2D eigenvalue weighted by Gasteiger charge is -2.41. The van der Waals surface area contributed by atoms with Crippen LogP contribution in [-0.2, 0) is 14.3 Å². The summed E-state index contributed by atoms with van der Waals surface area (Å²) in [6.07, 6.45) is 6.92. The number of carbonyl (C=O) groups is 3. The van der Waals surface area contributed by atoms with E-state index in [4.69, 9.17) is 14.7 Å². The minimum absolute atomic E-state index is 0.0726. The van der Waals surface area contributed by atoms with Crippen LogP contribution in [0.1, 0.15) is 81.8 Å². The summed E-state index contributed by atoms with van der Waals surface area (Å²) < 4.78 is 5.46. The molecule has 12 heteroatoms. The second-order valence-electron chi connectivity index (χ2n) is 16.8. The van der Waals surface area contributed by atoms with Gasteiger partial charge in [-0.2, -0.15) is 0 Å². The number of H-pyrrole nitrogens is 2. The van der Waals surface area contributed by atoms with E-state index in [1.54, 1.807) is 4.90 Å². The number of aromatic nitrogens is 4. The lowest BCUT2D eigenvalue weighted by atomic mass is 9.98. The number of amides is 3. The van der Waals surface area contributed by atoms with Gasteiger partial charge in [0.2, 0.25) is 11.8 Å². The van der Waals surface area contributed by atoms with E-state index in [1.807, 2.05) is 92.3 Å². The van der Waals surface area contributed by atoms with Crippen molar-refractivity contribution in [3.8, 4) is 33.6 Å². The van der Waals surface area contributed by atoms with Gasteiger partial charge in [-0.25, -0.2) is 14.8 Å². The van der Waals surface area contributed by atoms with Gasteiger partial charge < -0.3 is 29.4 Å². The van der Waals surface area contributed by atoms with Crippen molar-refractivity contribution < 1.29 is 19.1 Å². The molecule has 3 atom stereocenters. The van der Waals surface area contributed by atoms with Crippen molar-refractivity contribution in [3.63, 3.8) is 0 Å². The Morgan fingerprint density at radius 3 is 1.72 bits per heavy atom. The normalized spacial score (nSPS) is 19.2. The Bertz CT molecular complexity index is 2200. The zero-order valence-corrected chi connectivity index (χ0v) is 33.4. The van der Waals surface area contributed by atoms with Gasteiger partial charge >= 0.3 is 6.09 Å². The summed E-state index contributed by atoms with van der Waals surface area (Å²) in [4.78, 5) is 63.8. The topological polar surface area (TPSA) is 131 Å². The van der Waals surface area contributed by atoms with Gasteiger partial charge in [-0.15, -0.1) is 0 Å². The van der Waals surface area contributed by atoms with Gasteiger partial charge in [0.15, 0.2) is 0 Å². The molecule has 5 heterocycles. The standard InChI is InChI=1S/C45H52N8O4/c1-45(2,3)57-44(56)51-27-34(28-51)42(54)52-23-9-13-37(52)40-46-25-35(48-40)31-19-15-29(16-20-31)30-17-21-32(22-18-30)36-26-47-41(49-36)38-14-10-24-53(38)43(55)39(50(4)5)33-11-7-6-8-12-33/h6-8,11-12,15-22,25-26,34,37-39H,9-10,13-14,23-24,27-28H2,1-5H3,(H,46,48)(H,47,49)/t37-,38-,39+/m0/s1. The van der Waals surface area contributed by atoms with Gasteiger partial charge in [0, 0.05) is 26.2 Å². The first kappa shape index (κ1) is 38.1. The summed E-state index contributed by atoms with van der Waals surface area (Å²) in [6.45, 7) is 7.70. The van der Waals surface area contributed by atoms with Crippen molar-refractivity contribution in [3.05, 3.63) is 108 Å². The average molecular weight is 769 g/mol. The fourth-order valence-electron chi connectivity index (χ4n) is 8.42. The fourth-order valence-corrected chi connectivity index (χ4v) is 8.42. The molecule has 57 heavy (non-hydrogen) atoms. The van der Waals surface area contributed by atoms with E-state index in [1.165, 1.54) is 0 Å². The molecule has 8 rings (SSSR count). The Morgan fingerprint density at radius 1 is 0.719 bits per heavy atom. The Morgan fingerprint density at radius 2 is 1.21 bits per heavy atom. The number of likely N-dealkylation sites (tertiary alicyclic amines) is 3. The number of likely N-dealkylation sites (N-methyl/N-ethyl adjacent to an activating group) is 1. The molecule has 2 aromatic heterocycles. The van der Waals surface area contributed by atoms with Crippen molar-refractivity contribution in [1.82, 2.24) is 39.5 Å². The molecule has 3 fully saturated rings. The molecule has 3 amide bonds. The predicted octanol–water partition coefficient (Wildman–Crippen LogP) is 7.63. The van der Waals surface area contributed by atoms with Crippen LogP contribution in [0.3, 0.4) is 0 Å². The first-order chi connectivity index (χ1) is 27.4. The molecule has 0 unspecified atom stereocenters. The van der Waals surface area contributed by atoms with Crippen molar-refractivity contribution in [1.29, 1.82) is 0 Å². The Kier molecular flexibility index (Phi) is 10.5. The lowest BCUT2D eigenvalue weighted by Crippen LogP contribution is -2.57. The lowest BCUT2D eigenvalue weighted by molar-refractivity contribution is -0.141. The summed E-state index contributed by atoms with van der Waals surface area (Å²) in [5.41, 5.74) is 6.49. The SMILES string of the molecule is CN(C)[C@@H](C(=O)N1CCC[C@H]1c1ncc(-c2ccc(-c3ccc(-c4cnc([C@@H]5CCCN5C(=O)C5CN(C(=O)OC(C)(C)C)C5)[nH]4)cc3)cc2)[nH]1)c1ccccc1. The molecule has 0 saturated carbocycles. The van der Waals surface area contributed by atoms with Gasteiger partial charge in [-0.05, 0) is 88.4 Å². The van der Waals surface area contributed by atoms with Crippen molar-refractivity contribution in [2.75, 3.05) is 40.3 Å². The van der Waals surface area contributed by atoms with E-state index in [9.17, 15) is 14.4 Å². The summed E-state index contributed by atoms with van der Waals surface area (Å²) >= 11 is 0. The van der Waals surface area contributed by atoms with Crippen LogP contribution >= 0.6 is 0 Å². The maximum absolute atomic E-state index is 13.9. The minimum atomic E-state index is -0.564. The maximum Gasteiger partial charge on any atom is 0.410 e. The minimum Gasteiger partial charge on any atom is -0.444 e. The second-order valence-corrected chi connectivity index (χ2v) is 16.8. The monoisotopic (exact) mass is 768 g/mol. The van der Waals surface area contributed by atoms with Gasteiger partial charge in [-0.3, -0.25) is 14.5 Å². The molecule has 3 aliphatic heterocycles. The van der Waals surface area contributed by atoms with E-state index < -0.39 is 5.60 Å². The summed E-state index contributed by atoms with van der Waals surface area (Å²) in [6, 6.07) is 26.3. The fraction of sp³-hybridized carbons (Fsp3) is 0.400. The van der Waals surface area contributed by atoms with Gasteiger partial charge in [0.05, 0.1) is 41.8 Å². The molecule has 0 radical (unpaired) electrons. The van der Waals surface area contributed by atoms with Crippen LogP contribution in [0.2, 0.25) is 0 Å². The Labute approximate surface area is 334 Å². The van der Waals surface area contributed by atoms with Crippen LogP contribution in [0.25, 0.3) is 33.6 Å². The van der Waals surface area contributed by atoms with E-state index in [-0.39, 0.29) is 42.0 Å². The Hall–Kier alpha value is -5.75. The number of hydrogen-bond donors (Lipinski definition) is 2. The molecule has 3 saturated heterocycles. The molecule has 0 spiro atoms. The van der Waals surface area contributed by atoms with Crippen LogP contribution in [0.5, 0.6) is 0 Å². The summed E-state index contributed by atoms with van der Waals surface area (Å²) in [5, 5.41) is 0. The number of carbonyl (C=O) groups excluding carboxylic acids is 3. The zero-order chi connectivity index (χ0) is 39.8. The highest BCUT2D eigenvalue weighted by Crippen LogP contribution is 2.37. The highest BCUT2D eigenvalue weighted by molar-refractivity contribution is 5.84. The quantitative estimate of drug-likeness (QED) is 0.158. The number of rotatable bonds is 9. The van der Waals surface area contributed by atoms with Crippen LogP contribution in [0.15, 0.2) is 91.3 Å². The van der Waals surface area contributed by atoms with Crippen molar-refractivity contribution in [2.45, 2.75) is 70.2 Å². The van der Waals surface area contributed by atoms with Gasteiger partial charge in [0.1, 0.15) is 23.3 Å². The smallest absolute Gasteiger partial charge is 0.410 e. The van der Waals surface area contributed by atoms with Crippen LogP contribution in [0, 0.1) is 5.92 Å². The summed E-state index contributed by atoms with van der Waals surface area (Å²) in [5.74, 6) is 1.57. The molecule has 3 aromatic carbocycles. The number of hydrogen-bond acceptors (Lipinski definition) is 7. The van der Waals surface area contributed by atoms with Gasteiger partial charge in [-0.1, -0.05) is 78.9 Å². The molecule has 3 aliphatic rings. The van der Waals surface area contributed by atoms with E-state index in [0.29, 0.717) is 26.2 Å². The van der Waals surface area contributed by atoms with E-state index in [0.717, 1.165) is 76.5 Å². The zero-order valence-electron chi connectivity index (χ0n) is 33.4. The number of imidazole rings is 2. The summed E-state index contributed by atoms with van der Waals surface area (Å²) in [7, 11) is 3.91. The molecule has 0 aliphatic carbocycles. The molecular weight excluding hydrogens is 717 g/mol. The third-order valence-corrected chi connectivity index (χ3v) is 11.4. The van der Waals surface area contributed by atoms with Crippen molar-refractivity contribution in [2.24, 2.45) is 5.92 Å². The molecule has 0 bridgehead atoms. The number of nitrogens with one attached hydrogen (secondary N) is 2. The third-order valence-electron chi connectivity index (χ3n) is 11.4. The molecule has 2 N–H and O–H groups in total. The molecule has 5 aromatic rings. The molecule has 296 valence electrons. The first-order valence-electron chi connectivity index (χ1n) is 20.0. The third kappa shape index (κ3) is 7.96. The van der Waals surface area contributed by atoms with Crippen LogP contribution in [-0.4, -0.2) is 103 Å². The number of nitrogens with zero attached hydrogens (tertiary/aromatic N) is 6. The van der Waals surface area contributed by atoms with Gasteiger partial charge in [0.25, 0.3) is 0 Å². The highest BCUT2D eigenvalue weighted by Gasteiger charge is 2.43. The van der Waals surface area contributed by atoms with Crippen LogP contribution in [0.4, 0.5) is 4.79 Å². The Balaban J connectivity index is 0.890. The number of aromatic amines is 2. The van der Waals surface area contributed by atoms with E-state index in [2.05, 4.69) is 58.5 Å². The molecule has 12 nitrogen and oxygen atoms in total.